The van der Waals surface area contributed by atoms with Gasteiger partial charge in [0.2, 0.25) is 0 Å². The largest absolute Gasteiger partial charge is 0.389 e. The molecular weight excluding hydrogens is 162 g/mol. The lowest BCUT2D eigenvalue weighted by Crippen LogP contribution is -2.37. The van der Waals surface area contributed by atoms with Crippen LogP contribution in [0.2, 0.25) is 0 Å². The van der Waals surface area contributed by atoms with Crippen LogP contribution in [0.1, 0.15) is 46.5 Å². The molecule has 0 aromatic heterocycles. The molecule has 13 heavy (non-hydrogen) atoms. The van der Waals surface area contributed by atoms with E-state index in [0.717, 1.165) is 6.54 Å². The summed E-state index contributed by atoms with van der Waals surface area (Å²) in [5.74, 6) is 0. The average molecular weight is 185 g/mol. The summed E-state index contributed by atoms with van der Waals surface area (Å²) < 4.78 is 0. The molecule has 2 heteroatoms. The summed E-state index contributed by atoms with van der Waals surface area (Å²) in [6.07, 6.45) is 5.37. The van der Waals surface area contributed by atoms with Crippen molar-refractivity contribution in [2.24, 2.45) is 5.41 Å². The van der Waals surface area contributed by atoms with Crippen LogP contribution < -0.4 is 5.32 Å². The highest BCUT2D eigenvalue weighted by molar-refractivity contribution is 4.94. The molecule has 78 valence electrons. The second-order valence-electron chi connectivity index (χ2n) is 5.17. The zero-order valence-electron chi connectivity index (χ0n) is 9.19. The molecular formula is C11H23NO. The van der Waals surface area contributed by atoms with E-state index < -0.39 is 5.60 Å². The number of nitrogens with one attached hydrogen (secondary N) is 1. The minimum absolute atomic E-state index is 0.567. The molecule has 0 unspecified atom stereocenters. The van der Waals surface area contributed by atoms with Crippen LogP contribution in [0.5, 0.6) is 0 Å². The number of hydrogen-bond donors (Lipinski definition) is 2. The van der Waals surface area contributed by atoms with E-state index in [4.69, 9.17) is 0 Å². The third-order valence-electron chi connectivity index (χ3n) is 2.80. The fourth-order valence-electron chi connectivity index (χ4n) is 1.86. The predicted molar refractivity (Wildman–Crippen MR) is 55.7 cm³/mol. The van der Waals surface area contributed by atoms with Crippen LogP contribution >= 0.6 is 0 Å². The van der Waals surface area contributed by atoms with E-state index in [2.05, 4.69) is 12.2 Å². The summed E-state index contributed by atoms with van der Waals surface area (Å²) in [6, 6.07) is 0. The molecule has 0 bridgehead atoms. The van der Waals surface area contributed by atoms with Crippen molar-refractivity contribution in [3.63, 3.8) is 0 Å². The van der Waals surface area contributed by atoms with Gasteiger partial charge in [-0.25, -0.2) is 0 Å². The Kier molecular flexibility index (Phi) is 3.36. The van der Waals surface area contributed by atoms with Gasteiger partial charge in [-0.2, -0.15) is 0 Å². The van der Waals surface area contributed by atoms with Gasteiger partial charge < -0.3 is 10.4 Å². The minimum atomic E-state index is -0.567. The third kappa shape index (κ3) is 4.10. The summed E-state index contributed by atoms with van der Waals surface area (Å²) >= 11 is 0. The van der Waals surface area contributed by atoms with Gasteiger partial charge in [-0.05, 0) is 38.5 Å². The highest BCUT2D eigenvalue weighted by Gasteiger charge is 2.40. The highest BCUT2D eigenvalue weighted by atomic mass is 16.3. The Labute approximate surface area is 81.7 Å². The molecule has 0 amide bonds. The Morgan fingerprint density at radius 2 is 2.00 bits per heavy atom. The molecule has 0 aliphatic heterocycles. The smallest absolute Gasteiger partial charge is 0.0715 e. The fraction of sp³-hybridized carbons (Fsp3) is 1.00. The maximum Gasteiger partial charge on any atom is 0.0715 e. The highest BCUT2D eigenvalue weighted by Crippen LogP contribution is 2.48. The van der Waals surface area contributed by atoms with Crippen molar-refractivity contribution < 1.29 is 5.11 Å². The van der Waals surface area contributed by atoms with Gasteiger partial charge in [-0.3, -0.25) is 0 Å². The molecule has 1 rings (SSSR count). The van der Waals surface area contributed by atoms with Gasteiger partial charge in [0.15, 0.2) is 0 Å². The Balaban J connectivity index is 2.12. The monoisotopic (exact) mass is 185 g/mol. The molecule has 0 spiro atoms. The van der Waals surface area contributed by atoms with E-state index in [1.807, 2.05) is 13.8 Å². The Bertz CT molecular complexity index is 156. The minimum Gasteiger partial charge on any atom is -0.389 e. The molecule has 0 heterocycles. The Morgan fingerprint density at radius 1 is 1.38 bits per heavy atom. The second kappa shape index (κ2) is 3.97. The van der Waals surface area contributed by atoms with E-state index in [0.29, 0.717) is 12.0 Å². The maximum atomic E-state index is 9.50. The van der Waals surface area contributed by atoms with E-state index in [9.17, 15) is 5.11 Å². The summed E-state index contributed by atoms with van der Waals surface area (Å²) in [7, 11) is 0. The summed E-state index contributed by atoms with van der Waals surface area (Å²) in [6.45, 7) is 7.73. The summed E-state index contributed by atoms with van der Waals surface area (Å²) in [4.78, 5) is 0. The Morgan fingerprint density at radius 3 is 2.38 bits per heavy atom. The van der Waals surface area contributed by atoms with Crippen molar-refractivity contribution in [2.75, 3.05) is 13.1 Å². The van der Waals surface area contributed by atoms with Crippen molar-refractivity contribution in [1.29, 1.82) is 0 Å². The number of aliphatic hydroxyl groups is 1. The average Bonchev–Trinajstić information content (AvgIpc) is 2.67. The summed E-state index contributed by atoms with van der Waals surface area (Å²) in [5.41, 5.74) is 0.0301. The fourth-order valence-corrected chi connectivity index (χ4v) is 1.86. The van der Waals surface area contributed by atoms with Crippen LogP contribution in [-0.2, 0) is 0 Å². The molecule has 0 atom stereocenters. The second-order valence-corrected chi connectivity index (χ2v) is 5.17. The number of hydrogen-bond acceptors (Lipinski definition) is 2. The molecule has 0 aromatic carbocycles. The van der Waals surface area contributed by atoms with Crippen molar-refractivity contribution in [2.45, 2.75) is 52.1 Å². The standard InChI is InChI=1S/C11H23NO/c1-4-5-11(6-7-11)9-12-8-10(2,3)13/h12-13H,4-9H2,1-3H3. The molecule has 2 nitrogen and oxygen atoms in total. The first-order valence-corrected chi connectivity index (χ1v) is 5.41. The summed E-state index contributed by atoms with van der Waals surface area (Å²) in [5, 5.41) is 12.9. The van der Waals surface area contributed by atoms with Crippen LogP contribution in [0.15, 0.2) is 0 Å². The SMILES string of the molecule is CCCC1(CNCC(C)(C)O)CC1. The van der Waals surface area contributed by atoms with Gasteiger partial charge in [-0.15, -0.1) is 0 Å². The van der Waals surface area contributed by atoms with Crippen LogP contribution in [-0.4, -0.2) is 23.8 Å². The molecule has 1 aliphatic carbocycles. The van der Waals surface area contributed by atoms with Crippen molar-refractivity contribution in [3.05, 3.63) is 0 Å². The molecule has 2 N–H and O–H groups in total. The van der Waals surface area contributed by atoms with E-state index >= 15 is 0 Å². The van der Waals surface area contributed by atoms with E-state index in [-0.39, 0.29) is 0 Å². The molecule has 0 aromatic rings. The third-order valence-corrected chi connectivity index (χ3v) is 2.80. The van der Waals surface area contributed by atoms with Crippen LogP contribution in [0.3, 0.4) is 0 Å². The lowest BCUT2D eigenvalue weighted by atomic mass is 10.0. The zero-order valence-corrected chi connectivity index (χ0v) is 9.19. The quantitative estimate of drug-likeness (QED) is 0.662. The van der Waals surface area contributed by atoms with Gasteiger partial charge in [0.1, 0.15) is 0 Å². The topological polar surface area (TPSA) is 32.3 Å². The first-order chi connectivity index (χ1) is 5.97. The van der Waals surface area contributed by atoms with Crippen molar-refractivity contribution in [1.82, 2.24) is 5.32 Å². The molecule has 0 radical (unpaired) electrons. The first kappa shape index (κ1) is 11.0. The molecule has 0 saturated heterocycles. The van der Waals surface area contributed by atoms with Crippen LogP contribution in [0, 0.1) is 5.41 Å². The van der Waals surface area contributed by atoms with Gasteiger partial charge in [0.25, 0.3) is 0 Å². The zero-order chi connectivity index (χ0) is 9.95. The van der Waals surface area contributed by atoms with Gasteiger partial charge in [-0.1, -0.05) is 13.3 Å². The maximum absolute atomic E-state index is 9.50. The first-order valence-electron chi connectivity index (χ1n) is 5.41. The normalized spacial score (nSPS) is 20.3. The Hall–Kier alpha value is -0.0800. The number of rotatable bonds is 6. The van der Waals surface area contributed by atoms with Crippen LogP contribution in [0.25, 0.3) is 0 Å². The van der Waals surface area contributed by atoms with E-state index in [1.165, 1.54) is 25.7 Å². The predicted octanol–water partition coefficient (Wildman–Crippen LogP) is 1.93. The molecule has 1 fully saturated rings. The van der Waals surface area contributed by atoms with Crippen LogP contribution in [0.4, 0.5) is 0 Å². The van der Waals surface area contributed by atoms with Crippen molar-refractivity contribution in [3.8, 4) is 0 Å². The lowest BCUT2D eigenvalue weighted by molar-refractivity contribution is 0.0781. The van der Waals surface area contributed by atoms with Gasteiger partial charge in [0.05, 0.1) is 5.60 Å². The van der Waals surface area contributed by atoms with E-state index in [1.54, 1.807) is 0 Å². The van der Waals surface area contributed by atoms with Crippen molar-refractivity contribution >= 4 is 0 Å². The van der Waals surface area contributed by atoms with Gasteiger partial charge in [0, 0.05) is 13.1 Å². The molecule has 1 saturated carbocycles. The molecule has 1 aliphatic rings. The lowest BCUT2D eigenvalue weighted by Gasteiger charge is -2.21. The van der Waals surface area contributed by atoms with Gasteiger partial charge >= 0.3 is 0 Å².